The lowest BCUT2D eigenvalue weighted by Gasteiger charge is -2.14. The third kappa shape index (κ3) is 5.88. The zero-order valence-corrected chi connectivity index (χ0v) is 5.18. The van der Waals surface area contributed by atoms with E-state index in [0.29, 0.717) is 0 Å². The van der Waals surface area contributed by atoms with Crippen molar-refractivity contribution in [2.45, 2.75) is 0 Å². The third-order valence-corrected chi connectivity index (χ3v) is 0.506. The lowest BCUT2D eigenvalue weighted by atomic mass is 10.8. The summed E-state index contributed by atoms with van der Waals surface area (Å²) in [4.78, 5) is 2.00. The van der Waals surface area contributed by atoms with E-state index in [0.717, 1.165) is 6.67 Å². The van der Waals surface area contributed by atoms with Gasteiger partial charge in [0.1, 0.15) is 0 Å². The van der Waals surface area contributed by atoms with E-state index in [2.05, 4.69) is 0 Å². The van der Waals surface area contributed by atoms with Crippen LogP contribution in [0.1, 0.15) is 0 Å². The van der Waals surface area contributed by atoms with Crippen molar-refractivity contribution in [2.75, 3.05) is 27.8 Å². The van der Waals surface area contributed by atoms with Crippen LogP contribution < -0.4 is 5.84 Å². The molecule has 0 aromatic rings. The lowest BCUT2D eigenvalue weighted by molar-refractivity contribution is 0.215. The standard InChI is InChI=1S/C4H13N3/c1-6(2)4-7(3)5/h4-5H2,1-3H3. The predicted octanol–water partition coefficient (Wildman–Crippen LogP) is -0.689. The molecule has 0 aliphatic heterocycles. The van der Waals surface area contributed by atoms with E-state index in [1.807, 2.05) is 26.0 Å². The highest BCUT2D eigenvalue weighted by molar-refractivity contribution is 4.32. The molecule has 0 saturated heterocycles. The Labute approximate surface area is 44.7 Å². The van der Waals surface area contributed by atoms with Gasteiger partial charge in [0.15, 0.2) is 0 Å². The van der Waals surface area contributed by atoms with Crippen LogP contribution in [0.15, 0.2) is 0 Å². The Kier molecular flexibility index (Phi) is 2.91. The summed E-state index contributed by atoms with van der Waals surface area (Å²) in [6.45, 7) is 0.806. The summed E-state index contributed by atoms with van der Waals surface area (Å²) in [7, 11) is 5.78. The maximum Gasteiger partial charge on any atom is 0.0635 e. The molecule has 0 aliphatic carbocycles. The Bertz CT molecular complexity index is 36.2. The summed E-state index contributed by atoms with van der Waals surface area (Å²) in [5, 5.41) is 1.62. The Morgan fingerprint density at radius 1 is 1.29 bits per heavy atom. The van der Waals surface area contributed by atoms with E-state index in [9.17, 15) is 0 Å². The summed E-state index contributed by atoms with van der Waals surface area (Å²) in [6.07, 6.45) is 0. The van der Waals surface area contributed by atoms with E-state index in [-0.39, 0.29) is 0 Å². The molecular formula is C4H13N3. The molecule has 3 nitrogen and oxygen atoms in total. The molecule has 0 unspecified atom stereocenters. The van der Waals surface area contributed by atoms with Gasteiger partial charge in [0.05, 0.1) is 6.67 Å². The Balaban J connectivity index is 2.95. The van der Waals surface area contributed by atoms with Gasteiger partial charge in [-0.1, -0.05) is 0 Å². The second-order valence-corrected chi connectivity index (χ2v) is 1.98. The first-order valence-electron chi connectivity index (χ1n) is 2.23. The average molecular weight is 103 g/mol. The number of rotatable bonds is 2. The molecule has 0 aromatic heterocycles. The maximum absolute atomic E-state index is 5.28. The smallest absolute Gasteiger partial charge is 0.0635 e. The molecule has 0 rings (SSSR count). The first-order chi connectivity index (χ1) is 3.13. The molecule has 0 atom stereocenters. The van der Waals surface area contributed by atoms with Crippen molar-refractivity contribution in [1.29, 1.82) is 0 Å². The van der Waals surface area contributed by atoms with E-state index in [4.69, 9.17) is 5.84 Å². The fourth-order valence-corrected chi connectivity index (χ4v) is 0.446. The van der Waals surface area contributed by atoms with Crippen LogP contribution in [0.25, 0.3) is 0 Å². The largest absolute Gasteiger partial charge is 0.296 e. The van der Waals surface area contributed by atoms with Crippen LogP contribution in [0.4, 0.5) is 0 Å². The highest BCUT2D eigenvalue weighted by Crippen LogP contribution is 1.71. The molecular weight excluding hydrogens is 90.1 g/mol. The van der Waals surface area contributed by atoms with E-state index in [1.54, 1.807) is 5.01 Å². The normalized spacial score (nSPS) is 11.1. The van der Waals surface area contributed by atoms with Crippen molar-refractivity contribution in [2.24, 2.45) is 5.84 Å². The minimum Gasteiger partial charge on any atom is -0.296 e. The van der Waals surface area contributed by atoms with Gasteiger partial charge in [0.2, 0.25) is 0 Å². The average Bonchev–Trinajstić information content (AvgIpc) is 1.27. The summed E-state index contributed by atoms with van der Waals surface area (Å²) in [6, 6.07) is 0. The molecule has 0 fully saturated rings. The summed E-state index contributed by atoms with van der Waals surface area (Å²) >= 11 is 0. The zero-order chi connectivity index (χ0) is 5.86. The van der Waals surface area contributed by atoms with Crippen LogP contribution in [0.3, 0.4) is 0 Å². The molecule has 0 heterocycles. The topological polar surface area (TPSA) is 32.5 Å². The number of nitrogens with zero attached hydrogens (tertiary/aromatic N) is 2. The second-order valence-electron chi connectivity index (χ2n) is 1.98. The van der Waals surface area contributed by atoms with Gasteiger partial charge in [0.25, 0.3) is 0 Å². The lowest BCUT2D eigenvalue weighted by Crippen LogP contribution is -2.35. The molecule has 0 saturated carbocycles. The van der Waals surface area contributed by atoms with Crippen molar-refractivity contribution in [3.63, 3.8) is 0 Å². The van der Waals surface area contributed by atoms with Crippen LogP contribution in [0, 0.1) is 0 Å². The van der Waals surface area contributed by atoms with Crippen LogP contribution in [-0.2, 0) is 0 Å². The first kappa shape index (κ1) is 6.88. The monoisotopic (exact) mass is 103 g/mol. The minimum absolute atomic E-state index is 0.806. The quantitative estimate of drug-likeness (QED) is 0.285. The van der Waals surface area contributed by atoms with Gasteiger partial charge in [-0.05, 0) is 14.1 Å². The van der Waals surface area contributed by atoms with Gasteiger partial charge in [-0.2, -0.15) is 0 Å². The van der Waals surface area contributed by atoms with Crippen molar-refractivity contribution < 1.29 is 0 Å². The molecule has 3 heteroatoms. The predicted molar refractivity (Wildman–Crippen MR) is 30.5 cm³/mol. The second kappa shape index (κ2) is 2.96. The Morgan fingerprint density at radius 2 is 1.71 bits per heavy atom. The Morgan fingerprint density at radius 3 is 1.71 bits per heavy atom. The van der Waals surface area contributed by atoms with E-state index >= 15 is 0 Å². The van der Waals surface area contributed by atoms with Crippen molar-refractivity contribution in [1.82, 2.24) is 9.91 Å². The SMILES string of the molecule is CN(C)CN(C)N. The van der Waals surface area contributed by atoms with Gasteiger partial charge >= 0.3 is 0 Å². The van der Waals surface area contributed by atoms with E-state index in [1.165, 1.54) is 0 Å². The Hall–Kier alpha value is -0.120. The third-order valence-electron chi connectivity index (χ3n) is 0.506. The molecule has 0 aromatic carbocycles. The molecule has 0 spiro atoms. The summed E-state index contributed by atoms with van der Waals surface area (Å²) in [5.74, 6) is 5.28. The zero-order valence-electron chi connectivity index (χ0n) is 5.18. The molecule has 0 radical (unpaired) electrons. The van der Waals surface area contributed by atoms with Crippen molar-refractivity contribution in [3.05, 3.63) is 0 Å². The van der Waals surface area contributed by atoms with Crippen LogP contribution >= 0.6 is 0 Å². The fourth-order valence-electron chi connectivity index (χ4n) is 0.446. The molecule has 7 heavy (non-hydrogen) atoms. The number of hydrogen-bond donors (Lipinski definition) is 1. The number of hydrazine groups is 1. The molecule has 44 valence electrons. The molecule has 0 bridgehead atoms. The first-order valence-corrected chi connectivity index (χ1v) is 2.23. The van der Waals surface area contributed by atoms with Crippen LogP contribution in [-0.4, -0.2) is 37.7 Å². The van der Waals surface area contributed by atoms with Crippen molar-refractivity contribution in [3.8, 4) is 0 Å². The minimum atomic E-state index is 0.806. The van der Waals surface area contributed by atoms with Crippen LogP contribution in [0.2, 0.25) is 0 Å². The maximum atomic E-state index is 5.28. The van der Waals surface area contributed by atoms with Crippen molar-refractivity contribution >= 4 is 0 Å². The number of nitrogens with two attached hydrogens (primary N) is 1. The molecule has 0 amide bonds. The van der Waals surface area contributed by atoms with Gasteiger partial charge in [-0.25, -0.2) is 5.01 Å². The molecule has 2 N–H and O–H groups in total. The highest BCUT2D eigenvalue weighted by atomic mass is 15.4. The summed E-state index contributed by atoms with van der Waals surface area (Å²) in [5.41, 5.74) is 0. The van der Waals surface area contributed by atoms with Gasteiger partial charge in [0, 0.05) is 7.05 Å². The molecule has 0 aliphatic rings. The van der Waals surface area contributed by atoms with Crippen LogP contribution in [0.5, 0.6) is 0 Å². The fraction of sp³-hybridized carbons (Fsp3) is 1.00. The highest BCUT2D eigenvalue weighted by Gasteiger charge is 1.88. The van der Waals surface area contributed by atoms with Gasteiger partial charge in [-0.3, -0.25) is 10.7 Å². The van der Waals surface area contributed by atoms with Gasteiger partial charge in [-0.15, -0.1) is 0 Å². The summed E-state index contributed by atoms with van der Waals surface area (Å²) < 4.78 is 0. The number of hydrogen-bond acceptors (Lipinski definition) is 3. The van der Waals surface area contributed by atoms with E-state index < -0.39 is 0 Å². The van der Waals surface area contributed by atoms with Gasteiger partial charge < -0.3 is 0 Å².